The van der Waals surface area contributed by atoms with Gasteiger partial charge in [0.05, 0.1) is 11.6 Å². The number of nitrogens with two attached hydrogens (primary N) is 1. The van der Waals surface area contributed by atoms with Crippen molar-refractivity contribution in [2.45, 2.75) is 19.3 Å². The average molecular weight is 222 g/mol. The van der Waals surface area contributed by atoms with E-state index in [-0.39, 0.29) is 17.5 Å². The van der Waals surface area contributed by atoms with E-state index < -0.39 is 12.3 Å². The summed E-state index contributed by atoms with van der Waals surface area (Å²) < 4.78 is 24.9. The lowest BCUT2D eigenvalue weighted by Gasteiger charge is -2.13. The topological polar surface area (TPSA) is 51.8 Å². The summed E-state index contributed by atoms with van der Waals surface area (Å²) in [5, 5.41) is -0.0286. The Hall–Kier alpha value is -0.810. The summed E-state index contributed by atoms with van der Waals surface area (Å²) in [6, 6.07) is 1.47. The number of nitrogens with zero attached hydrogens (tertiary/aromatic N) is 2. The maximum atomic E-state index is 12.5. The van der Waals surface area contributed by atoms with Crippen LogP contribution in [0.4, 0.5) is 8.78 Å². The minimum Gasteiger partial charge on any atom is -0.330 e. The van der Waals surface area contributed by atoms with Crippen LogP contribution in [-0.4, -0.2) is 22.9 Å². The van der Waals surface area contributed by atoms with Gasteiger partial charge in [0.25, 0.3) is 0 Å². The van der Waals surface area contributed by atoms with E-state index in [1.807, 2.05) is 0 Å². The molecule has 1 rings (SSSR count). The molecule has 2 N–H and O–H groups in total. The van der Waals surface area contributed by atoms with Gasteiger partial charge in [0.1, 0.15) is 0 Å². The smallest absolute Gasteiger partial charge is 0.248 e. The summed E-state index contributed by atoms with van der Waals surface area (Å²) in [7, 11) is 0. The Morgan fingerprint density at radius 1 is 1.50 bits per heavy atom. The van der Waals surface area contributed by atoms with Crippen molar-refractivity contribution in [2.75, 3.05) is 6.54 Å². The highest BCUT2D eigenvalue weighted by molar-refractivity contribution is 6.28. The molecular formula is C8H10ClF2N3. The van der Waals surface area contributed by atoms with E-state index >= 15 is 0 Å². The van der Waals surface area contributed by atoms with Crippen molar-refractivity contribution >= 4 is 11.6 Å². The van der Waals surface area contributed by atoms with Crippen molar-refractivity contribution < 1.29 is 8.78 Å². The number of hydrogen-bond acceptors (Lipinski definition) is 3. The third-order valence-electron chi connectivity index (χ3n) is 1.78. The Morgan fingerprint density at radius 2 is 2.14 bits per heavy atom. The first kappa shape index (κ1) is 11.3. The van der Waals surface area contributed by atoms with E-state index in [0.29, 0.717) is 5.69 Å². The number of rotatable bonds is 3. The summed E-state index contributed by atoms with van der Waals surface area (Å²) >= 11 is 5.55. The van der Waals surface area contributed by atoms with E-state index in [2.05, 4.69) is 9.97 Å². The number of hydrogen-bond donors (Lipinski definition) is 1. The third kappa shape index (κ3) is 2.59. The largest absolute Gasteiger partial charge is 0.330 e. The van der Waals surface area contributed by atoms with Crippen LogP contribution in [0.2, 0.25) is 5.28 Å². The number of halogens is 3. The standard InChI is InChI=1S/C8H10ClF2N3/c1-4-2-6(14-8(9)13-4)5(3-12)7(10)11/h2,5,7H,3,12H2,1H3. The number of aromatic nitrogens is 2. The van der Waals surface area contributed by atoms with Gasteiger partial charge >= 0.3 is 0 Å². The van der Waals surface area contributed by atoms with Gasteiger partial charge in [0, 0.05) is 12.2 Å². The molecule has 1 aromatic heterocycles. The zero-order valence-electron chi connectivity index (χ0n) is 7.54. The van der Waals surface area contributed by atoms with Crippen LogP contribution in [0.15, 0.2) is 6.07 Å². The van der Waals surface area contributed by atoms with Gasteiger partial charge in [-0.3, -0.25) is 0 Å². The molecule has 0 fully saturated rings. The molecule has 0 spiro atoms. The van der Waals surface area contributed by atoms with Gasteiger partial charge < -0.3 is 5.73 Å². The summed E-state index contributed by atoms with van der Waals surface area (Å²) in [4.78, 5) is 7.50. The molecule has 78 valence electrons. The predicted octanol–water partition coefficient (Wildman–Crippen LogP) is 1.75. The minimum absolute atomic E-state index is 0.0286. The molecule has 3 nitrogen and oxygen atoms in total. The molecule has 0 bridgehead atoms. The predicted molar refractivity (Wildman–Crippen MR) is 49.6 cm³/mol. The van der Waals surface area contributed by atoms with Crippen LogP contribution < -0.4 is 5.73 Å². The average Bonchev–Trinajstić information content (AvgIpc) is 2.02. The van der Waals surface area contributed by atoms with Gasteiger partial charge in [0.2, 0.25) is 11.7 Å². The van der Waals surface area contributed by atoms with Gasteiger partial charge in [-0.05, 0) is 24.6 Å². The fourth-order valence-corrected chi connectivity index (χ4v) is 1.33. The maximum absolute atomic E-state index is 12.5. The molecule has 0 saturated carbocycles. The Balaban J connectivity index is 3.04. The van der Waals surface area contributed by atoms with Gasteiger partial charge in [-0.15, -0.1) is 0 Å². The molecule has 1 heterocycles. The fraction of sp³-hybridized carbons (Fsp3) is 0.500. The first-order valence-corrected chi connectivity index (χ1v) is 4.41. The van der Waals surface area contributed by atoms with Crippen LogP contribution in [0, 0.1) is 6.92 Å². The third-order valence-corrected chi connectivity index (χ3v) is 1.95. The summed E-state index contributed by atoms with van der Waals surface area (Å²) in [6.45, 7) is 1.50. The lowest BCUT2D eigenvalue weighted by molar-refractivity contribution is 0.115. The van der Waals surface area contributed by atoms with E-state index in [9.17, 15) is 8.78 Å². The number of aryl methyl sites for hydroxylation is 1. The Labute approximate surface area is 85.3 Å². The minimum atomic E-state index is -2.54. The second kappa shape index (κ2) is 4.61. The van der Waals surface area contributed by atoms with Crippen LogP contribution in [-0.2, 0) is 0 Å². The lowest BCUT2D eigenvalue weighted by Crippen LogP contribution is -2.21. The van der Waals surface area contributed by atoms with E-state index in [1.165, 1.54) is 6.07 Å². The number of alkyl halides is 2. The Bertz CT molecular complexity index is 299. The van der Waals surface area contributed by atoms with Crippen molar-refractivity contribution in [1.82, 2.24) is 9.97 Å². The Kier molecular flexibility index (Phi) is 3.71. The molecule has 0 aliphatic heterocycles. The molecular weight excluding hydrogens is 212 g/mol. The van der Waals surface area contributed by atoms with Crippen molar-refractivity contribution in [3.05, 3.63) is 22.7 Å². The van der Waals surface area contributed by atoms with Gasteiger partial charge in [-0.1, -0.05) is 0 Å². The summed E-state index contributed by atoms with van der Waals surface area (Å²) in [5.41, 5.74) is 5.97. The van der Waals surface area contributed by atoms with Crippen LogP contribution in [0.5, 0.6) is 0 Å². The second-order valence-corrected chi connectivity index (χ2v) is 3.22. The van der Waals surface area contributed by atoms with Crippen LogP contribution in [0.25, 0.3) is 0 Å². The van der Waals surface area contributed by atoms with Crippen molar-refractivity contribution in [1.29, 1.82) is 0 Å². The zero-order chi connectivity index (χ0) is 10.7. The highest BCUT2D eigenvalue weighted by atomic mass is 35.5. The first-order chi connectivity index (χ1) is 6.54. The zero-order valence-corrected chi connectivity index (χ0v) is 8.30. The molecule has 0 aliphatic rings. The second-order valence-electron chi connectivity index (χ2n) is 2.88. The van der Waals surface area contributed by atoms with Crippen molar-refractivity contribution in [3.8, 4) is 0 Å². The molecule has 14 heavy (non-hydrogen) atoms. The quantitative estimate of drug-likeness (QED) is 0.792. The van der Waals surface area contributed by atoms with Crippen LogP contribution in [0.1, 0.15) is 17.3 Å². The highest BCUT2D eigenvalue weighted by Gasteiger charge is 2.22. The van der Waals surface area contributed by atoms with Gasteiger partial charge in [-0.25, -0.2) is 18.7 Å². The van der Waals surface area contributed by atoms with Gasteiger partial charge in [0.15, 0.2) is 0 Å². The molecule has 1 aromatic rings. The van der Waals surface area contributed by atoms with Crippen molar-refractivity contribution in [2.24, 2.45) is 5.73 Å². The first-order valence-electron chi connectivity index (χ1n) is 4.04. The molecule has 1 atom stereocenters. The van der Waals surface area contributed by atoms with E-state index in [1.54, 1.807) is 6.92 Å². The normalized spacial score (nSPS) is 13.3. The van der Waals surface area contributed by atoms with Crippen LogP contribution >= 0.6 is 11.6 Å². The maximum Gasteiger partial charge on any atom is 0.248 e. The molecule has 6 heteroatoms. The molecule has 0 aliphatic carbocycles. The molecule has 1 unspecified atom stereocenters. The summed E-state index contributed by atoms with van der Waals surface area (Å²) in [6.07, 6.45) is -2.54. The molecule has 0 radical (unpaired) electrons. The molecule has 0 amide bonds. The lowest BCUT2D eigenvalue weighted by atomic mass is 10.1. The SMILES string of the molecule is Cc1cc(C(CN)C(F)F)nc(Cl)n1. The summed E-state index contributed by atoms with van der Waals surface area (Å²) in [5.74, 6) is -1.07. The van der Waals surface area contributed by atoms with Crippen molar-refractivity contribution in [3.63, 3.8) is 0 Å². The molecule has 0 aromatic carbocycles. The van der Waals surface area contributed by atoms with Crippen LogP contribution in [0.3, 0.4) is 0 Å². The highest BCUT2D eigenvalue weighted by Crippen LogP contribution is 2.21. The van der Waals surface area contributed by atoms with Gasteiger partial charge in [-0.2, -0.15) is 0 Å². The Morgan fingerprint density at radius 3 is 2.57 bits per heavy atom. The van der Waals surface area contributed by atoms with E-state index in [4.69, 9.17) is 17.3 Å². The monoisotopic (exact) mass is 221 g/mol. The fourth-order valence-electron chi connectivity index (χ4n) is 1.10. The molecule has 0 saturated heterocycles. The van der Waals surface area contributed by atoms with E-state index in [0.717, 1.165) is 0 Å².